The van der Waals surface area contributed by atoms with Crippen LogP contribution in [0.15, 0.2) is 32.8 Å². The van der Waals surface area contributed by atoms with Gasteiger partial charge in [0.2, 0.25) is 5.91 Å². The second kappa shape index (κ2) is 7.90. The molecule has 3 rings (SSSR count). The number of carbonyl (C=O) groups is 1. The Bertz CT molecular complexity index is 1020. The molecule has 6 nitrogen and oxygen atoms in total. The lowest BCUT2D eigenvalue weighted by Crippen LogP contribution is -2.29. The fourth-order valence-electron chi connectivity index (χ4n) is 2.81. The van der Waals surface area contributed by atoms with Gasteiger partial charge in [-0.05, 0) is 45.4 Å². The number of aromatic nitrogens is 2. The summed E-state index contributed by atoms with van der Waals surface area (Å²) in [5, 5.41) is 1.28. The highest BCUT2D eigenvalue weighted by molar-refractivity contribution is 7.99. The Labute approximate surface area is 166 Å². The topological polar surface area (TPSA) is 68.3 Å². The highest BCUT2D eigenvalue weighted by atomic mass is 32.2. The minimum atomic E-state index is -0.0420. The Balaban J connectivity index is 1.84. The lowest BCUT2D eigenvalue weighted by atomic mass is 10.2. The van der Waals surface area contributed by atoms with E-state index in [2.05, 4.69) is 0 Å². The van der Waals surface area contributed by atoms with Crippen LogP contribution in [0.5, 0.6) is 0 Å². The molecular weight excluding hydrogens is 382 g/mol. The first kappa shape index (κ1) is 19.7. The van der Waals surface area contributed by atoms with Crippen molar-refractivity contribution >= 4 is 39.2 Å². The van der Waals surface area contributed by atoms with Gasteiger partial charge < -0.3 is 9.32 Å². The van der Waals surface area contributed by atoms with Crippen LogP contribution >= 0.6 is 23.1 Å². The maximum absolute atomic E-state index is 13.0. The highest BCUT2D eigenvalue weighted by Crippen LogP contribution is 2.29. The lowest BCUT2D eigenvalue weighted by Gasteiger charge is -2.18. The summed E-state index contributed by atoms with van der Waals surface area (Å²) in [6.45, 7) is 8.29. The SMILES string of the molecule is Cc1sc2nc(SCC(=O)N(C)Cc3ccco3)n(C(C)C)c(=O)c2c1C. The normalized spacial score (nSPS) is 11.5. The monoisotopic (exact) mass is 405 g/mol. The van der Waals surface area contributed by atoms with Crippen molar-refractivity contribution < 1.29 is 9.21 Å². The molecular formula is C19H23N3O3S2. The Kier molecular flexibility index (Phi) is 5.76. The van der Waals surface area contributed by atoms with Gasteiger partial charge in [0.25, 0.3) is 5.56 Å². The van der Waals surface area contributed by atoms with Gasteiger partial charge in [-0.15, -0.1) is 11.3 Å². The van der Waals surface area contributed by atoms with Crippen LogP contribution in [0.2, 0.25) is 0 Å². The van der Waals surface area contributed by atoms with Crippen molar-refractivity contribution in [1.29, 1.82) is 0 Å². The van der Waals surface area contributed by atoms with Gasteiger partial charge in [0.1, 0.15) is 10.6 Å². The van der Waals surface area contributed by atoms with E-state index in [1.807, 2.05) is 33.8 Å². The van der Waals surface area contributed by atoms with Gasteiger partial charge in [0, 0.05) is 18.0 Å². The van der Waals surface area contributed by atoms with E-state index in [9.17, 15) is 9.59 Å². The van der Waals surface area contributed by atoms with Crippen molar-refractivity contribution in [2.45, 2.75) is 45.4 Å². The van der Waals surface area contributed by atoms with Crippen LogP contribution in [-0.4, -0.2) is 33.2 Å². The van der Waals surface area contributed by atoms with Gasteiger partial charge in [0.15, 0.2) is 5.16 Å². The Morgan fingerprint density at radius 3 is 2.78 bits per heavy atom. The number of carbonyl (C=O) groups excluding carboxylic acids is 1. The molecule has 3 aromatic heterocycles. The fraction of sp³-hybridized carbons (Fsp3) is 0.421. The van der Waals surface area contributed by atoms with E-state index in [4.69, 9.17) is 9.40 Å². The first-order chi connectivity index (χ1) is 12.8. The largest absolute Gasteiger partial charge is 0.467 e. The predicted octanol–water partition coefficient (Wildman–Crippen LogP) is 4.00. The van der Waals surface area contributed by atoms with Gasteiger partial charge in [-0.3, -0.25) is 14.2 Å². The van der Waals surface area contributed by atoms with Gasteiger partial charge in [0.05, 0.1) is 23.9 Å². The van der Waals surface area contributed by atoms with Crippen molar-refractivity contribution in [3.8, 4) is 0 Å². The Morgan fingerprint density at radius 1 is 1.41 bits per heavy atom. The third kappa shape index (κ3) is 3.96. The van der Waals surface area contributed by atoms with Crippen molar-refractivity contribution in [1.82, 2.24) is 14.5 Å². The van der Waals surface area contributed by atoms with Crippen LogP contribution in [0, 0.1) is 13.8 Å². The molecule has 0 spiro atoms. The number of amides is 1. The van der Waals surface area contributed by atoms with Crippen LogP contribution in [0.3, 0.4) is 0 Å². The average Bonchev–Trinajstić information content (AvgIpc) is 3.20. The maximum Gasteiger partial charge on any atom is 0.263 e. The summed E-state index contributed by atoms with van der Waals surface area (Å²) >= 11 is 2.83. The zero-order chi connectivity index (χ0) is 19.7. The van der Waals surface area contributed by atoms with E-state index in [0.717, 1.165) is 21.0 Å². The molecule has 0 radical (unpaired) electrons. The minimum absolute atomic E-state index is 0.0317. The molecule has 0 aliphatic carbocycles. The van der Waals surface area contributed by atoms with Crippen LogP contribution in [-0.2, 0) is 11.3 Å². The third-order valence-electron chi connectivity index (χ3n) is 4.44. The molecule has 0 aliphatic rings. The summed E-state index contributed by atoms with van der Waals surface area (Å²) in [6, 6.07) is 3.60. The quantitative estimate of drug-likeness (QED) is 0.458. The van der Waals surface area contributed by atoms with Crippen LogP contribution in [0.1, 0.15) is 36.1 Å². The second-order valence-corrected chi connectivity index (χ2v) is 8.89. The summed E-state index contributed by atoms with van der Waals surface area (Å²) in [6.07, 6.45) is 1.59. The van der Waals surface area contributed by atoms with E-state index in [-0.39, 0.29) is 23.3 Å². The molecule has 0 aliphatic heterocycles. The number of thioether (sulfide) groups is 1. The number of rotatable bonds is 6. The van der Waals surface area contributed by atoms with Crippen LogP contribution < -0.4 is 5.56 Å². The summed E-state index contributed by atoms with van der Waals surface area (Å²) in [4.78, 5) is 33.7. The Morgan fingerprint density at radius 2 is 2.15 bits per heavy atom. The lowest BCUT2D eigenvalue weighted by molar-refractivity contribution is -0.127. The maximum atomic E-state index is 13.0. The van der Waals surface area contributed by atoms with Crippen LogP contribution in [0.25, 0.3) is 10.2 Å². The highest BCUT2D eigenvalue weighted by Gasteiger charge is 2.20. The second-order valence-electron chi connectivity index (χ2n) is 6.74. The third-order valence-corrected chi connectivity index (χ3v) is 6.48. The molecule has 144 valence electrons. The van der Waals surface area contributed by atoms with Gasteiger partial charge in [-0.25, -0.2) is 4.98 Å². The van der Waals surface area contributed by atoms with E-state index in [0.29, 0.717) is 17.1 Å². The standard InChI is InChI=1S/C19H23N3O3S2/c1-11(2)22-18(24)16-12(3)13(4)27-17(16)20-19(22)26-10-15(23)21(5)9-14-7-6-8-25-14/h6-8,11H,9-10H2,1-5H3. The molecule has 0 saturated carbocycles. The summed E-state index contributed by atoms with van der Waals surface area (Å²) < 4.78 is 6.97. The molecule has 0 fully saturated rings. The smallest absolute Gasteiger partial charge is 0.263 e. The van der Waals surface area contributed by atoms with Gasteiger partial charge >= 0.3 is 0 Å². The number of hydrogen-bond acceptors (Lipinski definition) is 6. The van der Waals surface area contributed by atoms with Crippen molar-refractivity contribution in [2.75, 3.05) is 12.8 Å². The molecule has 1 amide bonds. The van der Waals surface area contributed by atoms with Gasteiger partial charge in [-0.1, -0.05) is 11.8 Å². The first-order valence-electron chi connectivity index (χ1n) is 8.71. The minimum Gasteiger partial charge on any atom is -0.467 e. The van der Waals surface area contributed by atoms with Crippen molar-refractivity contribution in [3.63, 3.8) is 0 Å². The zero-order valence-corrected chi connectivity index (χ0v) is 17.7. The van der Waals surface area contributed by atoms with E-state index in [1.54, 1.807) is 28.8 Å². The first-order valence-corrected chi connectivity index (χ1v) is 10.5. The molecule has 8 heteroatoms. The average molecular weight is 406 g/mol. The van der Waals surface area contributed by atoms with E-state index >= 15 is 0 Å². The molecule has 3 aromatic rings. The summed E-state index contributed by atoms with van der Waals surface area (Å²) in [5.74, 6) is 0.907. The molecule has 0 aromatic carbocycles. The van der Waals surface area contributed by atoms with E-state index < -0.39 is 0 Å². The fourth-order valence-corrected chi connectivity index (χ4v) is 4.94. The van der Waals surface area contributed by atoms with Crippen LogP contribution in [0.4, 0.5) is 0 Å². The number of nitrogens with zero attached hydrogens (tertiary/aromatic N) is 3. The predicted molar refractivity (Wildman–Crippen MR) is 110 cm³/mol. The molecule has 0 atom stereocenters. The molecule has 0 unspecified atom stereocenters. The molecule has 0 N–H and O–H groups in total. The van der Waals surface area contributed by atoms with E-state index in [1.165, 1.54) is 23.1 Å². The van der Waals surface area contributed by atoms with Crippen molar-refractivity contribution in [2.24, 2.45) is 0 Å². The Hall–Kier alpha value is -2.06. The molecule has 0 saturated heterocycles. The van der Waals surface area contributed by atoms with Crippen molar-refractivity contribution in [3.05, 3.63) is 45.0 Å². The summed E-state index contributed by atoms with van der Waals surface area (Å²) in [7, 11) is 1.74. The number of thiophene rings is 1. The number of fused-ring (bicyclic) bond motifs is 1. The molecule has 0 bridgehead atoms. The number of furan rings is 1. The zero-order valence-electron chi connectivity index (χ0n) is 16.1. The molecule has 27 heavy (non-hydrogen) atoms. The number of aryl methyl sites for hydroxylation is 2. The number of hydrogen-bond donors (Lipinski definition) is 0. The summed E-state index contributed by atoms with van der Waals surface area (Å²) in [5.41, 5.74) is 0.962. The van der Waals surface area contributed by atoms with Gasteiger partial charge in [-0.2, -0.15) is 0 Å². The molecule has 3 heterocycles.